The van der Waals surface area contributed by atoms with Crippen LogP contribution >= 0.6 is 23.4 Å². The molecule has 0 radical (unpaired) electrons. The first kappa shape index (κ1) is 16.1. The van der Waals surface area contributed by atoms with Crippen molar-refractivity contribution in [3.05, 3.63) is 65.6 Å². The third-order valence-corrected chi connectivity index (χ3v) is 5.26. The highest BCUT2D eigenvalue weighted by atomic mass is 35.5. The zero-order valence-corrected chi connectivity index (χ0v) is 15.0. The Balaban J connectivity index is 1.58. The van der Waals surface area contributed by atoms with Gasteiger partial charge in [-0.3, -0.25) is 4.98 Å². The van der Waals surface area contributed by atoms with Crippen molar-refractivity contribution in [3.8, 4) is 11.4 Å². The van der Waals surface area contributed by atoms with Gasteiger partial charge < -0.3 is 4.57 Å². The smallest absolute Gasteiger partial charge is 0.191 e. The molecule has 0 aliphatic heterocycles. The number of aromatic nitrogens is 5. The molecule has 0 saturated heterocycles. The standard InChI is InChI=1S/C18H14ClN5S/c1-24-17(13-6-4-8-20-10-13)22-23-18(24)25-11-14-9-12-5-2-3-7-15(12)21-16(14)19/h2-10H,11H2,1H3. The third-order valence-electron chi connectivity index (χ3n) is 3.86. The molecule has 0 N–H and O–H groups in total. The summed E-state index contributed by atoms with van der Waals surface area (Å²) < 4.78 is 1.96. The molecule has 3 heterocycles. The van der Waals surface area contributed by atoms with Gasteiger partial charge in [0.1, 0.15) is 5.15 Å². The Hall–Kier alpha value is -2.44. The summed E-state index contributed by atoms with van der Waals surface area (Å²) in [5, 5.41) is 11.0. The van der Waals surface area contributed by atoms with Gasteiger partial charge in [-0.2, -0.15) is 0 Å². The highest BCUT2D eigenvalue weighted by molar-refractivity contribution is 7.98. The average Bonchev–Trinajstić information content (AvgIpc) is 3.01. The van der Waals surface area contributed by atoms with Crippen molar-refractivity contribution < 1.29 is 0 Å². The minimum absolute atomic E-state index is 0.529. The minimum Gasteiger partial charge on any atom is -0.305 e. The summed E-state index contributed by atoms with van der Waals surface area (Å²) in [5.41, 5.74) is 2.82. The van der Waals surface area contributed by atoms with Gasteiger partial charge in [0.2, 0.25) is 0 Å². The number of fused-ring (bicyclic) bond motifs is 1. The van der Waals surface area contributed by atoms with Crippen molar-refractivity contribution in [1.82, 2.24) is 24.7 Å². The fourth-order valence-electron chi connectivity index (χ4n) is 2.57. The normalized spacial score (nSPS) is 11.1. The molecule has 4 aromatic rings. The zero-order valence-electron chi connectivity index (χ0n) is 13.4. The Kier molecular flexibility index (Phi) is 4.38. The summed E-state index contributed by atoms with van der Waals surface area (Å²) in [6.07, 6.45) is 3.52. The van der Waals surface area contributed by atoms with E-state index in [4.69, 9.17) is 11.6 Å². The Bertz CT molecular complexity index is 1030. The second-order valence-corrected chi connectivity index (χ2v) is 6.83. The van der Waals surface area contributed by atoms with Crippen LogP contribution in [0.2, 0.25) is 5.15 Å². The van der Waals surface area contributed by atoms with Crippen molar-refractivity contribution in [2.45, 2.75) is 10.9 Å². The Morgan fingerprint density at radius 1 is 1.12 bits per heavy atom. The van der Waals surface area contributed by atoms with E-state index < -0.39 is 0 Å². The number of thioether (sulfide) groups is 1. The van der Waals surface area contributed by atoms with E-state index in [1.165, 1.54) is 0 Å². The van der Waals surface area contributed by atoms with Gasteiger partial charge in [0.25, 0.3) is 0 Å². The van der Waals surface area contributed by atoms with E-state index in [1.54, 1.807) is 24.2 Å². The van der Waals surface area contributed by atoms with Crippen LogP contribution in [0.15, 0.2) is 60.0 Å². The lowest BCUT2D eigenvalue weighted by Crippen LogP contribution is -1.96. The molecule has 0 unspecified atom stereocenters. The van der Waals surface area contributed by atoms with Crippen LogP contribution in [0, 0.1) is 0 Å². The fraction of sp³-hybridized carbons (Fsp3) is 0.111. The van der Waals surface area contributed by atoms with Gasteiger partial charge in [-0.05, 0) is 24.3 Å². The molecular formula is C18H14ClN5S. The molecular weight excluding hydrogens is 354 g/mol. The summed E-state index contributed by atoms with van der Waals surface area (Å²) >= 11 is 7.92. The molecule has 7 heteroatoms. The fourth-order valence-corrected chi connectivity index (χ4v) is 3.74. The lowest BCUT2D eigenvalue weighted by molar-refractivity contribution is 0.793. The summed E-state index contributed by atoms with van der Waals surface area (Å²) in [6, 6.07) is 13.9. The van der Waals surface area contributed by atoms with Crippen molar-refractivity contribution in [1.29, 1.82) is 0 Å². The largest absolute Gasteiger partial charge is 0.305 e. The van der Waals surface area contributed by atoms with Gasteiger partial charge >= 0.3 is 0 Å². The first-order chi connectivity index (χ1) is 12.2. The number of para-hydroxylation sites is 1. The van der Waals surface area contributed by atoms with Gasteiger partial charge in [-0.25, -0.2) is 4.98 Å². The van der Waals surface area contributed by atoms with Crippen LogP contribution in [-0.2, 0) is 12.8 Å². The molecule has 0 saturated carbocycles. The van der Waals surface area contributed by atoms with E-state index in [2.05, 4.69) is 26.2 Å². The van der Waals surface area contributed by atoms with Gasteiger partial charge in [0, 0.05) is 41.7 Å². The monoisotopic (exact) mass is 367 g/mol. The summed E-state index contributed by atoms with van der Waals surface area (Å²) in [6.45, 7) is 0. The third kappa shape index (κ3) is 3.23. The minimum atomic E-state index is 0.529. The van der Waals surface area contributed by atoms with Crippen LogP contribution in [0.4, 0.5) is 0 Å². The molecule has 124 valence electrons. The number of benzene rings is 1. The van der Waals surface area contributed by atoms with Crippen LogP contribution < -0.4 is 0 Å². The number of nitrogens with zero attached hydrogens (tertiary/aromatic N) is 5. The molecule has 25 heavy (non-hydrogen) atoms. The van der Waals surface area contributed by atoms with Crippen LogP contribution in [0.1, 0.15) is 5.56 Å². The van der Waals surface area contributed by atoms with Crippen molar-refractivity contribution in [2.24, 2.45) is 7.05 Å². The predicted molar refractivity (Wildman–Crippen MR) is 101 cm³/mol. The predicted octanol–water partition coefficient (Wildman–Crippen LogP) is 4.37. The molecule has 5 nitrogen and oxygen atoms in total. The van der Waals surface area contributed by atoms with Crippen LogP contribution in [-0.4, -0.2) is 24.7 Å². The van der Waals surface area contributed by atoms with Gasteiger partial charge in [0.05, 0.1) is 5.52 Å². The van der Waals surface area contributed by atoms with E-state index in [0.717, 1.165) is 33.0 Å². The highest BCUT2D eigenvalue weighted by Crippen LogP contribution is 2.28. The molecule has 0 aliphatic carbocycles. The molecule has 0 fully saturated rings. The summed E-state index contributed by atoms with van der Waals surface area (Å²) in [4.78, 5) is 8.60. The SMILES string of the molecule is Cn1c(SCc2cc3ccccc3nc2Cl)nnc1-c1cccnc1. The zero-order chi connectivity index (χ0) is 17.2. The second kappa shape index (κ2) is 6.82. The second-order valence-electron chi connectivity index (χ2n) is 5.53. The molecule has 3 aromatic heterocycles. The van der Waals surface area contributed by atoms with E-state index in [0.29, 0.717) is 10.9 Å². The molecule has 0 aliphatic rings. The highest BCUT2D eigenvalue weighted by Gasteiger charge is 2.13. The quantitative estimate of drug-likeness (QED) is 0.396. The van der Waals surface area contributed by atoms with Crippen LogP contribution in [0.3, 0.4) is 0 Å². The summed E-state index contributed by atoms with van der Waals surface area (Å²) in [7, 11) is 1.95. The molecule has 1 aromatic carbocycles. The maximum Gasteiger partial charge on any atom is 0.191 e. The van der Waals surface area contributed by atoms with E-state index in [-0.39, 0.29) is 0 Å². The van der Waals surface area contributed by atoms with E-state index in [1.807, 2.05) is 48.0 Å². The first-order valence-electron chi connectivity index (χ1n) is 7.69. The maximum atomic E-state index is 6.33. The first-order valence-corrected chi connectivity index (χ1v) is 9.05. The Labute approximate surface area is 154 Å². The Morgan fingerprint density at radius 2 is 2.00 bits per heavy atom. The van der Waals surface area contributed by atoms with Crippen LogP contribution in [0.25, 0.3) is 22.3 Å². The van der Waals surface area contributed by atoms with Gasteiger partial charge in [0.15, 0.2) is 11.0 Å². The maximum absolute atomic E-state index is 6.33. The molecule has 0 spiro atoms. The number of rotatable bonds is 4. The molecule has 0 bridgehead atoms. The van der Waals surface area contributed by atoms with Gasteiger partial charge in [-0.15, -0.1) is 10.2 Å². The number of hydrogen-bond acceptors (Lipinski definition) is 5. The number of hydrogen-bond donors (Lipinski definition) is 0. The van der Waals surface area contributed by atoms with E-state index in [9.17, 15) is 0 Å². The van der Waals surface area contributed by atoms with Gasteiger partial charge in [-0.1, -0.05) is 41.6 Å². The van der Waals surface area contributed by atoms with E-state index >= 15 is 0 Å². The van der Waals surface area contributed by atoms with Crippen molar-refractivity contribution >= 4 is 34.3 Å². The molecule has 4 rings (SSSR count). The lowest BCUT2D eigenvalue weighted by atomic mass is 10.2. The Morgan fingerprint density at radius 3 is 2.84 bits per heavy atom. The summed E-state index contributed by atoms with van der Waals surface area (Å²) in [5.74, 6) is 1.47. The van der Waals surface area contributed by atoms with Crippen molar-refractivity contribution in [3.63, 3.8) is 0 Å². The lowest BCUT2D eigenvalue weighted by Gasteiger charge is -2.06. The number of pyridine rings is 2. The molecule has 0 amide bonds. The molecule has 0 atom stereocenters. The topological polar surface area (TPSA) is 56.5 Å². The average molecular weight is 368 g/mol. The number of halogens is 1. The van der Waals surface area contributed by atoms with Crippen LogP contribution in [0.5, 0.6) is 0 Å². The van der Waals surface area contributed by atoms with Crippen molar-refractivity contribution in [2.75, 3.05) is 0 Å².